The molecule has 9 nitrogen and oxygen atoms in total. The Bertz CT molecular complexity index is 1960. The van der Waals surface area contributed by atoms with Crippen molar-refractivity contribution in [2.75, 3.05) is 24.5 Å². The normalized spacial score (nSPS) is 16.0. The van der Waals surface area contributed by atoms with Crippen LogP contribution in [-0.4, -0.2) is 56.7 Å². The molecule has 228 valence electrons. The lowest BCUT2D eigenvalue weighted by atomic mass is 10.0. The van der Waals surface area contributed by atoms with Gasteiger partial charge in [-0.05, 0) is 49.6 Å². The number of allylic oxidation sites excluding steroid dienone is 3. The second-order valence-electron chi connectivity index (χ2n) is 11.0. The van der Waals surface area contributed by atoms with Crippen LogP contribution in [0.3, 0.4) is 0 Å². The summed E-state index contributed by atoms with van der Waals surface area (Å²) in [5.74, 6) is -4.09. The first-order chi connectivity index (χ1) is 20.9. The van der Waals surface area contributed by atoms with Crippen molar-refractivity contribution < 1.29 is 22.4 Å². The Morgan fingerprint density at radius 3 is 2.50 bits per heavy atom. The highest BCUT2D eigenvalue weighted by Gasteiger charge is 2.32. The summed E-state index contributed by atoms with van der Waals surface area (Å²) in [4.78, 5) is 38.4. The summed E-state index contributed by atoms with van der Waals surface area (Å²) in [5.41, 5.74) is -1.56. The zero-order valence-corrected chi connectivity index (χ0v) is 24.7. The molecule has 1 aliphatic rings. The van der Waals surface area contributed by atoms with Crippen LogP contribution in [0.25, 0.3) is 39.0 Å². The van der Waals surface area contributed by atoms with Crippen LogP contribution in [0.1, 0.15) is 27.7 Å². The third-order valence-electron chi connectivity index (χ3n) is 7.79. The first kappa shape index (κ1) is 30.5. The number of fused-ring (bicyclic) bond motifs is 2. The molecule has 1 aromatic carbocycles. The summed E-state index contributed by atoms with van der Waals surface area (Å²) in [6.45, 7) is 15.2. The molecule has 1 atom stereocenters. The van der Waals surface area contributed by atoms with Crippen LogP contribution in [0.15, 0.2) is 64.6 Å². The summed E-state index contributed by atoms with van der Waals surface area (Å²) in [6, 6.07) is 3.08. The zero-order valence-electron chi connectivity index (χ0n) is 24.7. The Balaban J connectivity index is 1.87. The number of rotatable bonds is 7. The fraction of sp³-hybridized carbons (Fsp3) is 0.281. The Hall–Kier alpha value is -5.00. The van der Waals surface area contributed by atoms with E-state index >= 15 is 8.78 Å². The molecule has 1 N–H and O–H groups in total. The lowest BCUT2D eigenvalue weighted by molar-refractivity contribution is -0.126. The number of halogens is 3. The summed E-state index contributed by atoms with van der Waals surface area (Å²) in [6.07, 6.45) is 3.92. The van der Waals surface area contributed by atoms with E-state index in [4.69, 9.17) is 9.83 Å². The number of nitrogens with one attached hydrogen (secondary N) is 1. The van der Waals surface area contributed by atoms with E-state index in [1.807, 2.05) is 6.92 Å². The second-order valence-corrected chi connectivity index (χ2v) is 11.0. The van der Waals surface area contributed by atoms with Gasteiger partial charge in [-0.15, -0.1) is 0 Å². The van der Waals surface area contributed by atoms with Gasteiger partial charge in [0.2, 0.25) is 5.91 Å². The quantitative estimate of drug-likeness (QED) is 0.159. The molecule has 4 aromatic rings. The Kier molecular flexibility index (Phi) is 8.02. The Labute approximate surface area is 251 Å². The van der Waals surface area contributed by atoms with Crippen molar-refractivity contribution in [3.8, 4) is 11.3 Å². The van der Waals surface area contributed by atoms with Crippen molar-refractivity contribution in [2.45, 2.75) is 33.7 Å². The molecule has 1 fully saturated rings. The van der Waals surface area contributed by atoms with Gasteiger partial charge in [-0.1, -0.05) is 33.1 Å². The molecule has 0 bridgehead atoms. The van der Waals surface area contributed by atoms with E-state index in [1.54, 1.807) is 30.6 Å². The van der Waals surface area contributed by atoms with Crippen LogP contribution in [-0.2, 0) is 4.79 Å². The molecule has 3 aromatic heterocycles. The van der Waals surface area contributed by atoms with Crippen LogP contribution < -0.4 is 10.6 Å². The number of amides is 1. The van der Waals surface area contributed by atoms with Gasteiger partial charge in [0.15, 0.2) is 23.1 Å². The van der Waals surface area contributed by atoms with Gasteiger partial charge in [0.25, 0.3) is 0 Å². The van der Waals surface area contributed by atoms with E-state index in [9.17, 15) is 14.0 Å². The minimum absolute atomic E-state index is 0.0586. The van der Waals surface area contributed by atoms with Crippen LogP contribution >= 0.6 is 0 Å². The summed E-state index contributed by atoms with van der Waals surface area (Å²) in [5, 5.41) is 9.13. The fourth-order valence-electron chi connectivity index (χ4n) is 5.45. The van der Waals surface area contributed by atoms with Crippen molar-refractivity contribution in [3.63, 3.8) is 0 Å². The fourth-order valence-corrected chi connectivity index (χ4v) is 5.45. The molecule has 4 heterocycles. The molecule has 0 aliphatic carbocycles. The van der Waals surface area contributed by atoms with Crippen molar-refractivity contribution in [1.29, 1.82) is 5.41 Å². The Morgan fingerprint density at radius 2 is 1.86 bits per heavy atom. The van der Waals surface area contributed by atoms with E-state index in [0.717, 1.165) is 16.7 Å². The maximum Gasteiger partial charge on any atom is 0.355 e. The predicted octanol–water partition coefficient (Wildman–Crippen LogP) is 5.94. The molecule has 0 radical (unpaired) electrons. The smallest absolute Gasteiger partial charge is 0.355 e. The molecule has 1 amide bonds. The van der Waals surface area contributed by atoms with Crippen molar-refractivity contribution in [3.05, 3.63) is 83.3 Å². The van der Waals surface area contributed by atoms with E-state index in [2.05, 4.69) is 23.1 Å². The maximum atomic E-state index is 16.1. The lowest BCUT2D eigenvalue weighted by Gasteiger charge is -2.40. The number of furan rings is 1. The number of anilines is 1. The van der Waals surface area contributed by atoms with Gasteiger partial charge in [0, 0.05) is 31.1 Å². The van der Waals surface area contributed by atoms with Gasteiger partial charge in [-0.25, -0.2) is 27.5 Å². The largest absolute Gasteiger partial charge is 0.464 e. The number of hydrogen-bond donors (Lipinski definition) is 1. The highest BCUT2D eigenvalue weighted by Crippen LogP contribution is 2.37. The van der Waals surface area contributed by atoms with Gasteiger partial charge < -0.3 is 19.6 Å². The van der Waals surface area contributed by atoms with E-state index in [-0.39, 0.29) is 70.2 Å². The highest BCUT2D eigenvalue weighted by atomic mass is 19.2. The van der Waals surface area contributed by atoms with Crippen molar-refractivity contribution in [2.24, 2.45) is 5.92 Å². The Morgan fingerprint density at radius 1 is 1.14 bits per heavy atom. The zero-order chi connectivity index (χ0) is 32.0. The van der Waals surface area contributed by atoms with Gasteiger partial charge >= 0.3 is 5.69 Å². The number of piperazine rings is 1. The number of aromatic nitrogens is 3. The van der Waals surface area contributed by atoms with Crippen molar-refractivity contribution >= 4 is 45.1 Å². The molecule has 0 spiro atoms. The molecular weight excluding hydrogens is 573 g/mol. The predicted molar refractivity (Wildman–Crippen MR) is 164 cm³/mol. The van der Waals surface area contributed by atoms with E-state index in [0.29, 0.717) is 12.1 Å². The molecule has 0 unspecified atom stereocenters. The SMILES string of the molecule is C=CC(=O)N1CCN(c2nc(=O)n(/C(C(=N)C(C)C)=C(\C)C=C)c3nc(-c4c(F)c(F)cc5ccoc45)c(F)cc23)[C@@H](C)C1. The van der Waals surface area contributed by atoms with Crippen LogP contribution in [0.2, 0.25) is 0 Å². The lowest BCUT2D eigenvalue weighted by Crippen LogP contribution is -2.54. The number of carbonyl (C=O) groups excluding carboxylic acids is 1. The summed E-state index contributed by atoms with van der Waals surface area (Å²) >= 11 is 0. The third kappa shape index (κ3) is 4.99. The molecule has 5 rings (SSSR count). The number of carbonyl (C=O) groups is 1. The van der Waals surface area contributed by atoms with Gasteiger partial charge in [-0.2, -0.15) is 4.98 Å². The number of hydrogen-bond acceptors (Lipinski definition) is 7. The van der Waals surface area contributed by atoms with Gasteiger partial charge in [0.05, 0.1) is 28.6 Å². The topological polar surface area (TPSA) is 108 Å². The maximum absolute atomic E-state index is 16.1. The van der Waals surface area contributed by atoms with Gasteiger partial charge in [-0.3, -0.25) is 4.79 Å². The highest BCUT2D eigenvalue weighted by molar-refractivity contribution is 6.20. The van der Waals surface area contributed by atoms with E-state index < -0.39 is 34.4 Å². The average Bonchev–Trinajstić information content (AvgIpc) is 3.46. The minimum Gasteiger partial charge on any atom is -0.464 e. The molecular formula is C32H31F3N6O3. The van der Waals surface area contributed by atoms with E-state index in [1.165, 1.54) is 24.5 Å². The van der Waals surface area contributed by atoms with Crippen LogP contribution in [0, 0.1) is 28.8 Å². The minimum atomic E-state index is -1.37. The molecule has 44 heavy (non-hydrogen) atoms. The average molecular weight is 605 g/mol. The molecule has 1 saturated heterocycles. The summed E-state index contributed by atoms with van der Waals surface area (Å²) < 4.78 is 52.6. The number of pyridine rings is 1. The van der Waals surface area contributed by atoms with Crippen LogP contribution in [0.4, 0.5) is 19.0 Å². The van der Waals surface area contributed by atoms with Gasteiger partial charge in [0.1, 0.15) is 17.1 Å². The monoisotopic (exact) mass is 604 g/mol. The second kappa shape index (κ2) is 11.6. The first-order valence-corrected chi connectivity index (χ1v) is 14.0. The number of benzene rings is 1. The summed E-state index contributed by atoms with van der Waals surface area (Å²) in [7, 11) is 0. The number of nitrogens with zero attached hydrogens (tertiary/aromatic N) is 5. The van der Waals surface area contributed by atoms with Crippen molar-refractivity contribution in [1.82, 2.24) is 19.4 Å². The molecule has 12 heteroatoms. The first-order valence-electron chi connectivity index (χ1n) is 14.0. The standard InChI is InChI=1S/C32H31F3N6O3/c1-7-17(5)28(26(36)16(3)4)41-31-20(30(38-32(41)43)40-11-10-39(15-18(40)6)23(42)8-2)14-22(34)27(37-31)24-25(35)21(33)13-19-9-12-44-29(19)24/h7-9,12-14,16,18,36H,1-2,10-11,15H2,3-6H3/b28-17+,36-26?/t18-/m0/s1. The third-order valence-corrected chi connectivity index (χ3v) is 7.79. The van der Waals surface area contributed by atoms with Crippen LogP contribution in [0.5, 0.6) is 0 Å². The molecule has 1 aliphatic heterocycles. The molecule has 0 saturated carbocycles.